The third kappa shape index (κ3) is 0.430. The van der Waals surface area contributed by atoms with Crippen LogP contribution in [0, 0.1) is 47.3 Å². The number of hydrogen-bond acceptors (Lipinski definition) is 2. The molecule has 8 unspecified atom stereocenters. The van der Waals surface area contributed by atoms with Gasteiger partial charge >= 0.3 is 5.97 Å². The standard InChI is InChI=1S/C13H14O3/c14-5(15)2-13-10-4-1-3-6-7(4)11(13)9(6)12(16-13)8(3)10/h3-4,6-12H,1-2H2,(H,14,15)/t3-,4+,6?,7?,8?,9?,10?,11?,12?,13?/m1/s1. The van der Waals surface area contributed by atoms with Gasteiger partial charge in [0, 0.05) is 0 Å². The third-order valence-corrected chi connectivity index (χ3v) is 7.29. The zero-order valence-corrected chi connectivity index (χ0v) is 8.87. The van der Waals surface area contributed by atoms with Gasteiger partial charge in [-0.05, 0) is 53.8 Å². The summed E-state index contributed by atoms with van der Waals surface area (Å²) >= 11 is 0. The van der Waals surface area contributed by atoms with Crippen LogP contribution in [-0.2, 0) is 9.53 Å². The highest BCUT2D eigenvalue weighted by Gasteiger charge is 2.92. The fourth-order valence-corrected chi connectivity index (χ4v) is 7.72. The van der Waals surface area contributed by atoms with Gasteiger partial charge in [0.1, 0.15) is 0 Å². The molecule has 0 aromatic carbocycles. The second kappa shape index (κ2) is 1.76. The van der Waals surface area contributed by atoms with E-state index in [9.17, 15) is 9.90 Å². The van der Waals surface area contributed by atoms with E-state index < -0.39 is 5.97 Å². The fourth-order valence-electron chi connectivity index (χ4n) is 7.72. The molecule has 7 rings (SSSR count). The van der Waals surface area contributed by atoms with Crippen molar-refractivity contribution in [2.45, 2.75) is 24.5 Å². The lowest BCUT2D eigenvalue weighted by atomic mass is 9.57. The Balaban J connectivity index is 1.62. The highest BCUT2D eigenvalue weighted by Crippen LogP contribution is 2.90. The highest BCUT2D eigenvalue weighted by atomic mass is 16.5. The Bertz CT molecular complexity index is 450. The number of hydrogen-bond donors (Lipinski definition) is 1. The maximum absolute atomic E-state index is 11.1. The van der Waals surface area contributed by atoms with E-state index in [1.165, 1.54) is 6.42 Å². The maximum Gasteiger partial charge on any atom is 0.306 e. The first kappa shape index (κ1) is 7.70. The van der Waals surface area contributed by atoms with E-state index in [-0.39, 0.29) is 12.0 Å². The minimum atomic E-state index is -0.645. The van der Waals surface area contributed by atoms with Crippen LogP contribution in [0.4, 0.5) is 0 Å². The Labute approximate surface area is 93.2 Å². The van der Waals surface area contributed by atoms with E-state index in [1.807, 2.05) is 0 Å². The van der Waals surface area contributed by atoms with Crippen molar-refractivity contribution in [3.05, 3.63) is 0 Å². The molecule has 0 aromatic rings. The molecule has 0 spiro atoms. The molecule has 2 saturated heterocycles. The smallest absolute Gasteiger partial charge is 0.306 e. The molecule has 0 aromatic heterocycles. The second-order valence-corrected chi connectivity index (χ2v) is 7.03. The predicted molar refractivity (Wildman–Crippen MR) is 52.4 cm³/mol. The van der Waals surface area contributed by atoms with Gasteiger partial charge in [0.25, 0.3) is 0 Å². The van der Waals surface area contributed by atoms with Crippen LogP contribution in [-0.4, -0.2) is 22.8 Å². The van der Waals surface area contributed by atoms with E-state index >= 15 is 0 Å². The number of aliphatic carboxylic acids is 1. The van der Waals surface area contributed by atoms with Crippen LogP contribution in [0.5, 0.6) is 0 Å². The van der Waals surface area contributed by atoms with Crippen LogP contribution >= 0.6 is 0 Å². The Hall–Kier alpha value is -0.570. The lowest BCUT2D eigenvalue weighted by Crippen LogP contribution is -2.49. The molecule has 84 valence electrons. The van der Waals surface area contributed by atoms with Gasteiger partial charge in [0.05, 0.1) is 18.1 Å². The molecule has 1 N–H and O–H groups in total. The zero-order chi connectivity index (χ0) is 10.4. The molecular weight excluding hydrogens is 204 g/mol. The zero-order valence-electron chi connectivity index (χ0n) is 8.87. The first-order valence-electron chi connectivity index (χ1n) is 6.64. The second-order valence-electron chi connectivity index (χ2n) is 7.03. The highest BCUT2D eigenvalue weighted by molar-refractivity contribution is 5.69. The van der Waals surface area contributed by atoms with E-state index in [0.29, 0.717) is 17.9 Å². The summed E-state index contributed by atoms with van der Waals surface area (Å²) < 4.78 is 6.29. The van der Waals surface area contributed by atoms with Crippen molar-refractivity contribution >= 4 is 5.97 Å². The Kier molecular flexibility index (Phi) is 0.848. The Morgan fingerprint density at radius 1 is 1.19 bits per heavy atom. The third-order valence-electron chi connectivity index (χ3n) is 7.29. The van der Waals surface area contributed by atoms with E-state index in [0.717, 1.165) is 35.5 Å². The van der Waals surface area contributed by atoms with Gasteiger partial charge in [0.15, 0.2) is 0 Å². The molecule has 7 aliphatic rings. The SMILES string of the molecule is O=C(O)CC12OC3C4C5C(C41)[C@@H]1C[C@H]5C3C12. The molecule has 0 amide bonds. The topological polar surface area (TPSA) is 46.5 Å². The molecule has 0 radical (unpaired) electrons. The average molecular weight is 218 g/mol. The lowest BCUT2D eigenvalue weighted by molar-refractivity contribution is -0.145. The van der Waals surface area contributed by atoms with Gasteiger partial charge in [-0.2, -0.15) is 0 Å². The van der Waals surface area contributed by atoms with Gasteiger partial charge in [-0.25, -0.2) is 0 Å². The number of rotatable bonds is 2. The molecular formula is C13H14O3. The summed E-state index contributed by atoms with van der Waals surface area (Å²) in [5.74, 6) is 5.83. The molecule has 10 atom stereocenters. The van der Waals surface area contributed by atoms with E-state index in [2.05, 4.69) is 0 Å². The van der Waals surface area contributed by atoms with Crippen molar-refractivity contribution < 1.29 is 14.6 Å². The predicted octanol–water partition coefficient (Wildman–Crippen LogP) is 0.986. The summed E-state index contributed by atoms with van der Waals surface area (Å²) in [5, 5.41) is 9.17. The molecule has 5 aliphatic carbocycles. The number of carboxylic acid groups (broad SMARTS) is 1. The van der Waals surface area contributed by atoms with Crippen molar-refractivity contribution in [3.8, 4) is 0 Å². The van der Waals surface area contributed by atoms with Crippen molar-refractivity contribution in [1.29, 1.82) is 0 Å². The largest absolute Gasteiger partial charge is 0.481 e. The van der Waals surface area contributed by atoms with Crippen LogP contribution in [0.15, 0.2) is 0 Å². The summed E-state index contributed by atoms with van der Waals surface area (Å²) in [7, 11) is 0. The lowest BCUT2D eigenvalue weighted by Gasteiger charge is -2.45. The normalized spacial score (nSPS) is 77.9. The van der Waals surface area contributed by atoms with Crippen LogP contribution < -0.4 is 0 Å². The number of carbonyl (C=O) groups is 1. The van der Waals surface area contributed by atoms with Gasteiger partial charge in [0.2, 0.25) is 0 Å². The van der Waals surface area contributed by atoms with Crippen molar-refractivity contribution in [1.82, 2.24) is 0 Å². The summed E-state index contributed by atoms with van der Waals surface area (Å²) in [6.45, 7) is 0. The van der Waals surface area contributed by atoms with Crippen molar-refractivity contribution in [3.63, 3.8) is 0 Å². The molecule has 3 nitrogen and oxygen atoms in total. The minimum absolute atomic E-state index is 0.192. The molecule has 3 heteroatoms. The number of carboxylic acids is 1. The van der Waals surface area contributed by atoms with Gasteiger partial charge in [-0.1, -0.05) is 0 Å². The molecule has 4 bridgehead atoms. The van der Waals surface area contributed by atoms with Crippen molar-refractivity contribution in [2.24, 2.45) is 47.3 Å². The van der Waals surface area contributed by atoms with E-state index in [1.54, 1.807) is 0 Å². The maximum atomic E-state index is 11.1. The summed E-state index contributed by atoms with van der Waals surface area (Å²) in [4.78, 5) is 11.1. The monoisotopic (exact) mass is 218 g/mol. The van der Waals surface area contributed by atoms with Gasteiger partial charge < -0.3 is 9.84 Å². The van der Waals surface area contributed by atoms with Gasteiger partial charge in [-0.3, -0.25) is 4.79 Å². The molecule has 16 heavy (non-hydrogen) atoms. The first-order chi connectivity index (χ1) is 7.74. The first-order valence-corrected chi connectivity index (χ1v) is 6.64. The fraction of sp³-hybridized carbons (Fsp3) is 0.923. The molecule has 7 fully saturated rings. The summed E-state index contributed by atoms with van der Waals surface area (Å²) in [5.41, 5.74) is -0.192. The molecule has 5 saturated carbocycles. The van der Waals surface area contributed by atoms with Gasteiger partial charge in [-0.15, -0.1) is 0 Å². The van der Waals surface area contributed by atoms with E-state index in [4.69, 9.17) is 4.74 Å². The quantitative estimate of drug-likeness (QED) is 0.751. The molecule has 2 aliphatic heterocycles. The molecule has 2 heterocycles. The Morgan fingerprint density at radius 2 is 2.06 bits per heavy atom. The minimum Gasteiger partial charge on any atom is -0.481 e. The number of ether oxygens (including phenoxy) is 1. The van der Waals surface area contributed by atoms with Crippen molar-refractivity contribution in [2.75, 3.05) is 0 Å². The van der Waals surface area contributed by atoms with Crippen LogP contribution in [0.25, 0.3) is 0 Å². The summed E-state index contributed by atoms with van der Waals surface area (Å²) in [6.07, 6.45) is 2.19. The van der Waals surface area contributed by atoms with Crippen LogP contribution in [0.1, 0.15) is 12.8 Å². The average Bonchev–Trinajstić information content (AvgIpc) is 2.73. The van der Waals surface area contributed by atoms with Crippen LogP contribution in [0.3, 0.4) is 0 Å². The Morgan fingerprint density at radius 3 is 2.88 bits per heavy atom. The van der Waals surface area contributed by atoms with Crippen LogP contribution in [0.2, 0.25) is 0 Å². The summed E-state index contributed by atoms with van der Waals surface area (Å²) in [6, 6.07) is 0.